The third-order valence-corrected chi connectivity index (χ3v) is 3.39. The number of hydrogen-bond donors (Lipinski definition) is 4. The molecular weight excluding hydrogens is 186 g/mol. The lowest BCUT2D eigenvalue weighted by molar-refractivity contribution is -0.0536. The summed E-state index contributed by atoms with van der Waals surface area (Å²) in [7, 11) is 0. The van der Waals surface area contributed by atoms with Crippen molar-refractivity contribution in [1.82, 2.24) is 4.90 Å². The molecule has 2 aliphatic heterocycles. The summed E-state index contributed by atoms with van der Waals surface area (Å²) in [5, 5.41) is 37.9. The van der Waals surface area contributed by atoms with Crippen LogP contribution in [0, 0.1) is 0 Å². The maximum absolute atomic E-state index is 9.69. The van der Waals surface area contributed by atoms with Gasteiger partial charge in [0.1, 0.15) is 0 Å². The second-order valence-corrected chi connectivity index (χ2v) is 4.23. The molecule has 5 atom stereocenters. The van der Waals surface area contributed by atoms with Gasteiger partial charge >= 0.3 is 0 Å². The van der Waals surface area contributed by atoms with Crippen LogP contribution in [0.3, 0.4) is 0 Å². The van der Waals surface area contributed by atoms with Crippen molar-refractivity contribution in [2.24, 2.45) is 0 Å². The third kappa shape index (κ3) is 1.45. The molecule has 0 aromatic carbocycles. The van der Waals surface area contributed by atoms with E-state index < -0.39 is 24.4 Å². The van der Waals surface area contributed by atoms with Gasteiger partial charge in [-0.25, -0.2) is 0 Å². The predicted octanol–water partition coefficient (Wildman–Crippen LogP) is -2.09. The van der Waals surface area contributed by atoms with E-state index in [0.717, 1.165) is 0 Å². The van der Waals surface area contributed by atoms with Crippen LogP contribution < -0.4 is 0 Å². The Hall–Kier alpha value is -0.200. The van der Waals surface area contributed by atoms with E-state index in [1.54, 1.807) is 0 Å². The maximum atomic E-state index is 9.69. The van der Waals surface area contributed by atoms with E-state index >= 15 is 0 Å². The molecule has 0 saturated carbocycles. The predicted molar refractivity (Wildman–Crippen MR) is 48.6 cm³/mol. The van der Waals surface area contributed by atoms with E-state index in [4.69, 9.17) is 5.11 Å². The number of aliphatic hydroxyl groups excluding tert-OH is 4. The summed E-state index contributed by atoms with van der Waals surface area (Å²) in [6.07, 6.45) is -0.991. The molecule has 2 aliphatic rings. The summed E-state index contributed by atoms with van der Waals surface area (Å²) in [6, 6.07) is -0.439. The topological polar surface area (TPSA) is 84.2 Å². The summed E-state index contributed by atoms with van der Waals surface area (Å²) in [5.74, 6) is 0. The van der Waals surface area contributed by atoms with Gasteiger partial charge in [-0.2, -0.15) is 0 Å². The largest absolute Gasteiger partial charge is 0.395 e. The first-order valence-corrected chi connectivity index (χ1v) is 5.06. The average molecular weight is 203 g/mol. The Balaban J connectivity index is 2.15. The smallest absolute Gasteiger partial charge is 0.0991 e. The quantitative estimate of drug-likeness (QED) is 0.393. The first-order valence-electron chi connectivity index (χ1n) is 5.06. The lowest BCUT2D eigenvalue weighted by atomic mass is 9.93. The molecule has 82 valence electrons. The Morgan fingerprint density at radius 3 is 2.43 bits per heavy atom. The fourth-order valence-corrected chi connectivity index (χ4v) is 2.61. The molecule has 0 aromatic rings. The zero-order valence-electron chi connectivity index (χ0n) is 7.95. The highest BCUT2D eigenvalue weighted by atomic mass is 16.3. The van der Waals surface area contributed by atoms with Crippen molar-refractivity contribution in [2.45, 2.75) is 43.2 Å². The first-order chi connectivity index (χ1) is 6.65. The van der Waals surface area contributed by atoms with E-state index in [1.807, 2.05) is 4.90 Å². The normalized spacial score (nSPS) is 49.3. The van der Waals surface area contributed by atoms with Crippen molar-refractivity contribution in [3.63, 3.8) is 0 Å². The van der Waals surface area contributed by atoms with Crippen LogP contribution in [0.25, 0.3) is 0 Å². The second kappa shape index (κ2) is 3.75. The SMILES string of the molecule is OCC1CCC(O)[C@H]2C(O)[C@@H](O)CN12. The van der Waals surface area contributed by atoms with Crippen molar-refractivity contribution in [3.05, 3.63) is 0 Å². The molecule has 0 spiro atoms. The minimum atomic E-state index is -0.889. The number of aliphatic hydroxyl groups is 4. The van der Waals surface area contributed by atoms with Crippen molar-refractivity contribution in [2.75, 3.05) is 13.2 Å². The van der Waals surface area contributed by atoms with Gasteiger partial charge in [0.25, 0.3) is 0 Å². The Morgan fingerprint density at radius 1 is 1.07 bits per heavy atom. The summed E-state index contributed by atoms with van der Waals surface area (Å²) in [6.45, 7) is 0.358. The molecule has 2 heterocycles. The van der Waals surface area contributed by atoms with Gasteiger partial charge in [0, 0.05) is 12.6 Å². The second-order valence-electron chi connectivity index (χ2n) is 4.23. The van der Waals surface area contributed by atoms with Crippen molar-refractivity contribution < 1.29 is 20.4 Å². The molecular formula is C9H17NO4. The lowest BCUT2D eigenvalue weighted by Crippen LogP contribution is -2.54. The fraction of sp³-hybridized carbons (Fsp3) is 1.00. The Morgan fingerprint density at radius 2 is 1.79 bits per heavy atom. The summed E-state index contributed by atoms with van der Waals surface area (Å²) in [5.41, 5.74) is 0. The molecule has 0 aromatic heterocycles. The van der Waals surface area contributed by atoms with Crippen LogP contribution >= 0.6 is 0 Å². The van der Waals surface area contributed by atoms with Crippen LogP contribution in [0.5, 0.6) is 0 Å². The van der Waals surface area contributed by atoms with Gasteiger partial charge in [0.05, 0.1) is 31.0 Å². The Bertz CT molecular complexity index is 213. The zero-order chi connectivity index (χ0) is 10.3. The van der Waals surface area contributed by atoms with Crippen LogP contribution in [-0.2, 0) is 0 Å². The number of nitrogens with zero attached hydrogens (tertiary/aromatic N) is 1. The minimum absolute atomic E-state index is 0.0165. The van der Waals surface area contributed by atoms with E-state index in [1.165, 1.54) is 0 Å². The molecule has 0 amide bonds. The van der Waals surface area contributed by atoms with Crippen LogP contribution in [0.15, 0.2) is 0 Å². The number of rotatable bonds is 1. The van der Waals surface area contributed by atoms with Crippen LogP contribution in [0.1, 0.15) is 12.8 Å². The van der Waals surface area contributed by atoms with E-state index in [0.29, 0.717) is 19.4 Å². The zero-order valence-corrected chi connectivity index (χ0v) is 7.95. The molecule has 14 heavy (non-hydrogen) atoms. The lowest BCUT2D eigenvalue weighted by Gasteiger charge is -2.40. The number of hydrogen-bond acceptors (Lipinski definition) is 5. The average Bonchev–Trinajstić information content (AvgIpc) is 2.45. The summed E-state index contributed by atoms with van der Waals surface area (Å²) < 4.78 is 0. The van der Waals surface area contributed by atoms with Gasteiger partial charge < -0.3 is 20.4 Å². The third-order valence-electron chi connectivity index (χ3n) is 3.39. The summed E-state index contributed by atoms with van der Waals surface area (Å²) >= 11 is 0. The Kier molecular flexibility index (Phi) is 2.77. The van der Waals surface area contributed by atoms with Gasteiger partial charge in [-0.15, -0.1) is 0 Å². The van der Waals surface area contributed by atoms with Crippen LogP contribution in [-0.4, -0.2) is 68.9 Å². The number of piperidine rings is 1. The van der Waals surface area contributed by atoms with Gasteiger partial charge in [0.2, 0.25) is 0 Å². The molecule has 5 heteroatoms. The molecule has 5 nitrogen and oxygen atoms in total. The van der Waals surface area contributed by atoms with Crippen LogP contribution in [0.2, 0.25) is 0 Å². The minimum Gasteiger partial charge on any atom is -0.395 e. The molecule has 0 radical (unpaired) electrons. The van der Waals surface area contributed by atoms with E-state index in [9.17, 15) is 15.3 Å². The molecule has 0 bridgehead atoms. The highest BCUT2D eigenvalue weighted by Crippen LogP contribution is 2.31. The fourth-order valence-electron chi connectivity index (χ4n) is 2.61. The van der Waals surface area contributed by atoms with E-state index in [-0.39, 0.29) is 12.6 Å². The van der Waals surface area contributed by atoms with Crippen molar-refractivity contribution >= 4 is 0 Å². The highest BCUT2D eigenvalue weighted by Gasteiger charge is 2.48. The number of fused-ring (bicyclic) bond motifs is 1. The van der Waals surface area contributed by atoms with Gasteiger partial charge in [-0.1, -0.05) is 0 Å². The Labute approximate surface area is 82.6 Å². The molecule has 0 aliphatic carbocycles. The maximum Gasteiger partial charge on any atom is 0.0991 e. The standard InChI is InChI=1S/C9H17NO4/c11-4-5-1-2-6(12)8-9(14)7(13)3-10(5)8/h5-9,11-14H,1-4H2/t5?,6?,7-,8-,9?/m0/s1. The van der Waals surface area contributed by atoms with E-state index in [2.05, 4.69) is 0 Å². The molecule has 2 fully saturated rings. The van der Waals surface area contributed by atoms with Crippen molar-refractivity contribution in [3.8, 4) is 0 Å². The highest BCUT2D eigenvalue weighted by molar-refractivity contribution is 5.02. The molecule has 4 N–H and O–H groups in total. The first kappa shape index (κ1) is 10.3. The molecule has 2 rings (SSSR count). The summed E-state index contributed by atoms with van der Waals surface area (Å²) in [4.78, 5) is 1.82. The monoisotopic (exact) mass is 203 g/mol. The molecule has 2 saturated heterocycles. The molecule has 3 unspecified atom stereocenters. The van der Waals surface area contributed by atoms with Crippen LogP contribution in [0.4, 0.5) is 0 Å². The van der Waals surface area contributed by atoms with Crippen molar-refractivity contribution in [1.29, 1.82) is 0 Å². The van der Waals surface area contributed by atoms with Gasteiger partial charge in [-0.05, 0) is 12.8 Å². The van der Waals surface area contributed by atoms with Gasteiger partial charge in [0.15, 0.2) is 0 Å². The van der Waals surface area contributed by atoms with Gasteiger partial charge in [-0.3, -0.25) is 4.90 Å².